The Bertz CT molecular complexity index is 472. The van der Waals surface area contributed by atoms with Crippen LogP contribution < -0.4 is 15.4 Å². The molecule has 0 heterocycles. The topological polar surface area (TPSA) is 45.7 Å². The zero-order chi connectivity index (χ0) is 14.4. The molecule has 0 aliphatic heterocycles. The molecule has 1 aliphatic carbocycles. The average Bonchev–Trinajstić information content (AvgIpc) is 3.26. The number of nitrogens with one attached hydrogen (secondary N) is 2. The molecule has 1 aliphatic rings. The highest BCUT2D eigenvalue weighted by Gasteiger charge is 2.20. The van der Waals surface area contributed by atoms with Gasteiger partial charge in [0.05, 0.1) is 13.7 Å². The van der Waals surface area contributed by atoms with Crippen LogP contribution in [0.3, 0.4) is 0 Å². The van der Waals surface area contributed by atoms with Crippen molar-refractivity contribution in [2.24, 2.45) is 10.9 Å². The number of ether oxygens (including phenoxy) is 1. The molecule has 110 valence electrons. The Morgan fingerprint density at radius 1 is 1.40 bits per heavy atom. The predicted octanol–water partition coefficient (Wildman–Crippen LogP) is 2.30. The van der Waals surface area contributed by atoms with Crippen LogP contribution in [0.1, 0.15) is 25.3 Å². The third kappa shape index (κ3) is 4.40. The van der Waals surface area contributed by atoms with Crippen molar-refractivity contribution in [1.29, 1.82) is 0 Å². The number of rotatable bonds is 6. The molecule has 0 atom stereocenters. The SMILES string of the molecule is CCNC(=NCc1ccc(OC)c(F)c1)NCC1CC1. The second kappa shape index (κ2) is 7.12. The number of guanidine groups is 1. The maximum Gasteiger partial charge on any atom is 0.191 e. The van der Waals surface area contributed by atoms with Crippen LogP contribution in [0.25, 0.3) is 0 Å². The maximum absolute atomic E-state index is 13.6. The molecular weight excluding hydrogens is 257 g/mol. The molecule has 2 N–H and O–H groups in total. The Morgan fingerprint density at radius 3 is 2.80 bits per heavy atom. The molecule has 0 radical (unpaired) electrons. The predicted molar refractivity (Wildman–Crippen MR) is 78.5 cm³/mol. The van der Waals surface area contributed by atoms with Gasteiger partial charge in [-0.2, -0.15) is 0 Å². The van der Waals surface area contributed by atoms with Crippen LogP contribution in [-0.4, -0.2) is 26.2 Å². The largest absolute Gasteiger partial charge is 0.494 e. The summed E-state index contributed by atoms with van der Waals surface area (Å²) in [4.78, 5) is 4.47. The van der Waals surface area contributed by atoms with Gasteiger partial charge in [0.1, 0.15) is 0 Å². The molecule has 20 heavy (non-hydrogen) atoms. The van der Waals surface area contributed by atoms with Crippen LogP contribution in [0.5, 0.6) is 5.75 Å². The van der Waals surface area contributed by atoms with Gasteiger partial charge in [0.15, 0.2) is 17.5 Å². The summed E-state index contributed by atoms with van der Waals surface area (Å²) in [7, 11) is 1.46. The van der Waals surface area contributed by atoms with Gasteiger partial charge in [-0.25, -0.2) is 9.38 Å². The van der Waals surface area contributed by atoms with Gasteiger partial charge in [0, 0.05) is 13.1 Å². The van der Waals surface area contributed by atoms with Gasteiger partial charge in [-0.05, 0) is 43.4 Å². The number of nitrogens with zero attached hydrogens (tertiary/aromatic N) is 1. The minimum absolute atomic E-state index is 0.261. The number of benzene rings is 1. The summed E-state index contributed by atoms with van der Waals surface area (Å²) < 4.78 is 18.5. The van der Waals surface area contributed by atoms with Crippen molar-refractivity contribution in [3.63, 3.8) is 0 Å². The van der Waals surface area contributed by atoms with Gasteiger partial charge in [-0.1, -0.05) is 6.07 Å². The Hall–Kier alpha value is -1.78. The van der Waals surface area contributed by atoms with Gasteiger partial charge in [0.25, 0.3) is 0 Å². The van der Waals surface area contributed by atoms with Crippen molar-refractivity contribution in [3.8, 4) is 5.75 Å². The number of methoxy groups -OCH3 is 1. The zero-order valence-electron chi connectivity index (χ0n) is 12.1. The highest BCUT2D eigenvalue weighted by molar-refractivity contribution is 5.79. The van der Waals surface area contributed by atoms with Crippen LogP contribution in [0.4, 0.5) is 4.39 Å². The van der Waals surface area contributed by atoms with Crippen LogP contribution in [0, 0.1) is 11.7 Å². The summed E-state index contributed by atoms with van der Waals surface area (Å²) in [5, 5.41) is 6.50. The van der Waals surface area contributed by atoms with E-state index in [1.54, 1.807) is 6.07 Å². The summed E-state index contributed by atoms with van der Waals surface area (Å²) in [6.45, 7) is 4.25. The van der Waals surface area contributed by atoms with Crippen molar-refractivity contribution in [2.75, 3.05) is 20.2 Å². The molecular formula is C15H22FN3O. The van der Waals surface area contributed by atoms with Gasteiger partial charge in [-0.15, -0.1) is 0 Å². The van der Waals surface area contributed by atoms with E-state index in [0.29, 0.717) is 6.54 Å². The Labute approximate surface area is 119 Å². The molecule has 1 saturated carbocycles. The lowest BCUT2D eigenvalue weighted by molar-refractivity contribution is 0.386. The molecule has 1 aromatic rings. The normalized spacial score (nSPS) is 15.1. The summed E-state index contributed by atoms with van der Waals surface area (Å²) in [6.07, 6.45) is 2.60. The number of aliphatic imine (C=N–C) groups is 1. The molecule has 0 bridgehead atoms. The van der Waals surface area contributed by atoms with E-state index in [2.05, 4.69) is 15.6 Å². The molecule has 0 saturated heterocycles. The molecule has 5 heteroatoms. The first-order valence-corrected chi connectivity index (χ1v) is 7.07. The monoisotopic (exact) mass is 279 g/mol. The minimum atomic E-state index is -0.351. The highest BCUT2D eigenvalue weighted by atomic mass is 19.1. The highest BCUT2D eigenvalue weighted by Crippen LogP contribution is 2.27. The summed E-state index contributed by atoms with van der Waals surface area (Å²) in [6, 6.07) is 4.92. The first-order chi connectivity index (χ1) is 9.72. The molecule has 1 aromatic carbocycles. The van der Waals surface area contributed by atoms with Crippen molar-refractivity contribution < 1.29 is 9.13 Å². The van der Waals surface area contributed by atoms with Crippen LogP contribution in [0.2, 0.25) is 0 Å². The number of hydrogen-bond acceptors (Lipinski definition) is 2. The van der Waals surface area contributed by atoms with E-state index in [4.69, 9.17) is 4.74 Å². The Balaban J connectivity index is 1.94. The third-order valence-corrected chi connectivity index (χ3v) is 3.24. The smallest absolute Gasteiger partial charge is 0.191 e. The number of halogens is 1. The van der Waals surface area contributed by atoms with Crippen LogP contribution >= 0.6 is 0 Å². The van der Waals surface area contributed by atoms with Gasteiger partial charge < -0.3 is 15.4 Å². The van der Waals surface area contributed by atoms with Crippen LogP contribution in [-0.2, 0) is 6.54 Å². The van der Waals surface area contributed by atoms with E-state index >= 15 is 0 Å². The Kier molecular flexibility index (Phi) is 5.21. The molecule has 0 aromatic heterocycles. The zero-order valence-corrected chi connectivity index (χ0v) is 12.1. The average molecular weight is 279 g/mol. The third-order valence-electron chi connectivity index (χ3n) is 3.24. The van der Waals surface area contributed by atoms with E-state index in [0.717, 1.165) is 30.5 Å². The van der Waals surface area contributed by atoms with Crippen LogP contribution in [0.15, 0.2) is 23.2 Å². The summed E-state index contributed by atoms with van der Waals surface area (Å²) >= 11 is 0. The first kappa shape index (κ1) is 14.6. The molecule has 2 rings (SSSR count). The quantitative estimate of drug-likeness (QED) is 0.620. The minimum Gasteiger partial charge on any atom is -0.494 e. The van der Waals surface area contributed by atoms with Crippen molar-refractivity contribution in [1.82, 2.24) is 10.6 Å². The molecule has 0 spiro atoms. The molecule has 0 amide bonds. The molecule has 0 unspecified atom stereocenters. The van der Waals surface area contributed by atoms with Gasteiger partial charge >= 0.3 is 0 Å². The fourth-order valence-electron chi connectivity index (χ4n) is 1.88. The second-order valence-corrected chi connectivity index (χ2v) is 4.99. The maximum atomic E-state index is 13.6. The first-order valence-electron chi connectivity index (χ1n) is 7.07. The molecule has 1 fully saturated rings. The van der Waals surface area contributed by atoms with Gasteiger partial charge in [-0.3, -0.25) is 0 Å². The van der Waals surface area contributed by atoms with Crippen molar-refractivity contribution >= 4 is 5.96 Å². The van der Waals surface area contributed by atoms with Crippen molar-refractivity contribution in [2.45, 2.75) is 26.3 Å². The lowest BCUT2D eigenvalue weighted by Gasteiger charge is -2.11. The molecule has 4 nitrogen and oxygen atoms in total. The summed E-state index contributed by atoms with van der Waals surface area (Å²) in [5.41, 5.74) is 0.826. The standard InChI is InChI=1S/C15H22FN3O/c1-3-17-15(18-9-11-4-5-11)19-10-12-6-7-14(20-2)13(16)8-12/h6-8,11H,3-5,9-10H2,1-2H3,(H2,17,18,19). The lowest BCUT2D eigenvalue weighted by Crippen LogP contribution is -2.38. The Morgan fingerprint density at radius 2 is 2.20 bits per heavy atom. The van der Waals surface area contributed by atoms with E-state index < -0.39 is 0 Å². The van der Waals surface area contributed by atoms with E-state index in [1.165, 1.54) is 26.0 Å². The summed E-state index contributed by atoms with van der Waals surface area (Å²) in [5.74, 6) is 1.49. The van der Waals surface area contributed by atoms with Crippen molar-refractivity contribution in [3.05, 3.63) is 29.6 Å². The second-order valence-electron chi connectivity index (χ2n) is 4.99. The fourth-order valence-corrected chi connectivity index (χ4v) is 1.88. The van der Waals surface area contributed by atoms with E-state index in [-0.39, 0.29) is 11.6 Å². The fraction of sp³-hybridized carbons (Fsp3) is 0.533. The van der Waals surface area contributed by atoms with E-state index in [9.17, 15) is 4.39 Å². The lowest BCUT2D eigenvalue weighted by atomic mass is 10.2. The van der Waals surface area contributed by atoms with Gasteiger partial charge in [0.2, 0.25) is 0 Å². The van der Waals surface area contributed by atoms with E-state index in [1.807, 2.05) is 13.0 Å². The number of hydrogen-bond donors (Lipinski definition) is 2.